The van der Waals surface area contributed by atoms with Crippen LogP contribution in [0, 0.1) is 6.92 Å². The molecule has 0 spiro atoms. The van der Waals surface area contributed by atoms with Crippen LogP contribution in [0.5, 0.6) is 0 Å². The Hall–Kier alpha value is -3.87. The molecule has 0 fully saturated rings. The van der Waals surface area contributed by atoms with Gasteiger partial charge < -0.3 is 9.73 Å². The molecule has 164 valence electrons. The Kier molecular flexibility index (Phi) is 5.81. The molecule has 0 atom stereocenters. The molecule has 32 heavy (non-hydrogen) atoms. The highest BCUT2D eigenvalue weighted by Crippen LogP contribution is 2.31. The van der Waals surface area contributed by atoms with Crippen molar-refractivity contribution in [2.24, 2.45) is 0 Å². The van der Waals surface area contributed by atoms with E-state index in [1.807, 2.05) is 67.6 Å². The van der Waals surface area contributed by atoms with Crippen LogP contribution in [-0.2, 0) is 12.0 Å². The number of para-hydroxylation sites is 1. The second-order valence-electron chi connectivity index (χ2n) is 8.61. The van der Waals surface area contributed by atoms with Crippen molar-refractivity contribution in [3.63, 3.8) is 0 Å². The SMILES string of the molecule is Cc1c(C(C)(C)C)nn(-c2ccccc2)c1NC(=O)NCc1ncc(-c2ccccc2)o1. The number of amides is 2. The largest absolute Gasteiger partial charge is 0.439 e. The summed E-state index contributed by atoms with van der Waals surface area (Å²) in [5.41, 5.74) is 3.51. The van der Waals surface area contributed by atoms with Gasteiger partial charge in [-0.1, -0.05) is 69.3 Å². The molecule has 0 aliphatic carbocycles. The third kappa shape index (κ3) is 4.56. The van der Waals surface area contributed by atoms with Crippen molar-refractivity contribution in [3.8, 4) is 17.0 Å². The average Bonchev–Trinajstić information content (AvgIpc) is 3.39. The van der Waals surface area contributed by atoms with Gasteiger partial charge >= 0.3 is 6.03 Å². The quantitative estimate of drug-likeness (QED) is 0.441. The average molecular weight is 430 g/mol. The van der Waals surface area contributed by atoms with Crippen molar-refractivity contribution in [1.29, 1.82) is 0 Å². The van der Waals surface area contributed by atoms with Crippen LogP contribution >= 0.6 is 0 Å². The van der Waals surface area contributed by atoms with Gasteiger partial charge in [-0.25, -0.2) is 14.5 Å². The summed E-state index contributed by atoms with van der Waals surface area (Å²) < 4.78 is 7.54. The second kappa shape index (κ2) is 8.70. The number of urea groups is 1. The van der Waals surface area contributed by atoms with Crippen molar-refractivity contribution >= 4 is 11.8 Å². The number of anilines is 1. The van der Waals surface area contributed by atoms with Crippen molar-refractivity contribution < 1.29 is 9.21 Å². The maximum Gasteiger partial charge on any atom is 0.320 e. The molecule has 0 radical (unpaired) electrons. The summed E-state index contributed by atoms with van der Waals surface area (Å²) in [6.45, 7) is 8.46. The van der Waals surface area contributed by atoms with Crippen LogP contribution in [0.25, 0.3) is 17.0 Å². The van der Waals surface area contributed by atoms with Crippen LogP contribution in [0.2, 0.25) is 0 Å². The third-order valence-electron chi connectivity index (χ3n) is 5.08. The number of rotatable bonds is 5. The van der Waals surface area contributed by atoms with Gasteiger partial charge in [-0.15, -0.1) is 0 Å². The summed E-state index contributed by atoms with van der Waals surface area (Å²) in [5, 5.41) is 10.6. The number of nitrogens with zero attached hydrogens (tertiary/aromatic N) is 3. The third-order valence-corrected chi connectivity index (χ3v) is 5.08. The van der Waals surface area contributed by atoms with E-state index in [1.54, 1.807) is 10.9 Å². The molecule has 0 bridgehead atoms. The molecule has 0 saturated heterocycles. The molecule has 4 aromatic rings. The van der Waals surface area contributed by atoms with E-state index in [9.17, 15) is 4.79 Å². The molecule has 2 N–H and O–H groups in total. The first kappa shape index (κ1) is 21.4. The van der Waals surface area contributed by atoms with E-state index in [0.717, 1.165) is 22.5 Å². The van der Waals surface area contributed by atoms with Crippen LogP contribution in [0.3, 0.4) is 0 Å². The summed E-state index contributed by atoms with van der Waals surface area (Å²) in [5.74, 6) is 1.73. The van der Waals surface area contributed by atoms with Crippen LogP contribution in [0.1, 0.15) is 37.9 Å². The van der Waals surface area contributed by atoms with Crippen molar-refractivity contribution in [3.05, 3.63) is 84.0 Å². The van der Waals surface area contributed by atoms with E-state index in [4.69, 9.17) is 9.52 Å². The molecule has 7 heteroatoms. The first-order chi connectivity index (χ1) is 15.3. The Bertz CT molecular complexity index is 1200. The van der Waals surface area contributed by atoms with E-state index in [1.165, 1.54) is 0 Å². The monoisotopic (exact) mass is 429 g/mol. The van der Waals surface area contributed by atoms with Gasteiger partial charge in [0.25, 0.3) is 0 Å². The van der Waals surface area contributed by atoms with Crippen molar-refractivity contribution in [2.45, 2.75) is 39.7 Å². The Morgan fingerprint density at radius 2 is 1.69 bits per heavy atom. The summed E-state index contributed by atoms with van der Waals surface area (Å²) in [6, 6.07) is 19.1. The van der Waals surface area contributed by atoms with Gasteiger partial charge in [-0.05, 0) is 19.1 Å². The van der Waals surface area contributed by atoms with Crippen LogP contribution in [0.15, 0.2) is 71.3 Å². The fraction of sp³-hybridized carbons (Fsp3) is 0.240. The predicted octanol–water partition coefficient (Wildman–Crippen LogP) is 5.45. The van der Waals surface area contributed by atoms with E-state index in [-0.39, 0.29) is 18.0 Å². The van der Waals surface area contributed by atoms with E-state index in [0.29, 0.717) is 17.5 Å². The Labute approximate surface area is 187 Å². The molecule has 2 heterocycles. The van der Waals surface area contributed by atoms with Gasteiger partial charge in [0, 0.05) is 16.5 Å². The molecule has 2 aromatic carbocycles. The zero-order valence-corrected chi connectivity index (χ0v) is 18.7. The highest BCUT2D eigenvalue weighted by atomic mass is 16.4. The first-order valence-electron chi connectivity index (χ1n) is 10.5. The Morgan fingerprint density at radius 3 is 2.34 bits per heavy atom. The number of benzene rings is 2. The number of hydrogen-bond acceptors (Lipinski definition) is 4. The minimum atomic E-state index is -0.356. The minimum absolute atomic E-state index is 0.164. The number of nitrogens with one attached hydrogen (secondary N) is 2. The molecule has 7 nitrogen and oxygen atoms in total. The van der Waals surface area contributed by atoms with Gasteiger partial charge in [0.2, 0.25) is 5.89 Å². The first-order valence-corrected chi connectivity index (χ1v) is 10.5. The summed E-state index contributed by atoms with van der Waals surface area (Å²) in [6.07, 6.45) is 1.66. The summed E-state index contributed by atoms with van der Waals surface area (Å²) in [4.78, 5) is 17.0. The van der Waals surface area contributed by atoms with Crippen LogP contribution in [-0.4, -0.2) is 20.8 Å². The lowest BCUT2D eigenvalue weighted by Crippen LogP contribution is -2.29. The lowest BCUT2D eigenvalue weighted by molar-refractivity contribution is 0.250. The molecule has 4 rings (SSSR count). The van der Waals surface area contributed by atoms with E-state index in [2.05, 4.69) is 36.4 Å². The normalized spacial score (nSPS) is 11.4. The maximum absolute atomic E-state index is 12.7. The van der Waals surface area contributed by atoms with Gasteiger partial charge in [-0.2, -0.15) is 5.10 Å². The zero-order valence-electron chi connectivity index (χ0n) is 18.7. The molecule has 2 aromatic heterocycles. The summed E-state index contributed by atoms with van der Waals surface area (Å²) >= 11 is 0. The fourth-order valence-corrected chi connectivity index (χ4v) is 3.55. The standard InChI is InChI=1S/C25H27N5O2/c1-17-22(25(2,3)4)29-30(19-13-9-6-10-14-19)23(17)28-24(31)27-16-21-26-15-20(32-21)18-11-7-5-8-12-18/h5-15H,16H2,1-4H3,(H2,27,28,31). The molecule has 2 amide bonds. The van der Waals surface area contributed by atoms with Gasteiger partial charge in [0.05, 0.1) is 24.1 Å². The van der Waals surface area contributed by atoms with Gasteiger partial charge in [-0.3, -0.25) is 5.32 Å². The minimum Gasteiger partial charge on any atom is -0.439 e. The van der Waals surface area contributed by atoms with E-state index < -0.39 is 0 Å². The Morgan fingerprint density at radius 1 is 1.03 bits per heavy atom. The zero-order chi connectivity index (χ0) is 22.7. The van der Waals surface area contributed by atoms with Gasteiger partial charge in [0.15, 0.2) is 5.76 Å². The van der Waals surface area contributed by atoms with Crippen LogP contribution in [0.4, 0.5) is 10.6 Å². The number of carbonyl (C=O) groups excluding carboxylic acids is 1. The molecule has 0 unspecified atom stereocenters. The van der Waals surface area contributed by atoms with Crippen molar-refractivity contribution in [2.75, 3.05) is 5.32 Å². The number of carbonyl (C=O) groups is 1. The Balaban J connectivity index is 1.51. The smallest absolute Gasteiger partial charge is 0.320 e. The van der Waals surface area contributed by atoms with E-state index >= 15 is 0 Å². The van der Waals surface area contributed by atoms with Crippen molar-refractivity contribution in [1.82, 2.24) is 20.1 Å². The molecule has 0 aliphatic heterocycles. The fourth-order valence-electron chi connectivity index (χ4n) is 3.55. The predicted molar refractivity (Wildman–Crippen MR) is 125 cm³/mol. The van der Waals surface area contributed by atoms with Crippen LogP contribution < -0.4 is 10.6 Å². The topological polar surface area (TPSA) is 85.0 Å². The molecule has 0 aliphatic rings. The number of oxazole rings is 1. The lowest BCUT2D eigenvalue weighted by atomic mass is 9.90. The number of aromatic nitrogens is 3. The summed E-state index contributed by atoms with van der Waals surface area (Å²) in [7, 11) is 0. The second-order valence-corrected chi connectivity index (χ2v) is 8.61. The maximum atomic E-state index is 12.7. The van der Waals surface area contributed by atoms with Gasteiger partial charge in [0.1, 0.15) is 5.82 Å². The molecular formula is C25H27N5O2. The highest BCUT2D eigenvalue weighted by Gasteiger charge is 2.26. The number of hydrogen-bond donors (Lipinski definition) is 2. The lowest BCUT2D eigenvalue weighted by Gasteiger charge is -2.16. The highest BCUT2D eigenvalue weighted by molar-refractivity contribution is 5.89. The molecular weight excluding hydrogens is 402 g/mol. The molecule has 0 saturated carbocycles.